The molecule has 112 valence electrons. The molecule has 2 heterocycles. The second-order valence-electron chi connectivity index (χ2n) is 4.45. The van der Waals surface area contributed by atoms with Gasteiger partial charge in [-0.25, -0.2) is 9.59 Å². The lowest BCUT2D eigenvalue weighted by Gasteiger charge is -2.03. The molecule has 2 rings (SSSR count). The topological polar surface area (TPSA) is 129 Å². The van der Waals surface area contributed by atoms with E-state index in [1.54, 1.807) is 0 Å². The number of nitrogens with one attached hydrogen (secondary N) is 1. The molecule has 9 heteroatoms. The highest BCUT2D eigenvalue weighted by Gasteiger charge is 2.19. The van der Waals surface area contributed by atoms with Crippen molar-refractivity contribution in [1.82, 2.24) is 9.55 Å². The van der Waals surface area contributed by atoms with Crippen LogP contribution < -0.4 is 11.2 Å². The first-order chi connectivity index (χ1) is 9.82. The molecule has 0 bridgehead atoms. The van der Waals surface area contributed by atoms with E-state index in [0.29, 0.717) is 5.56 Å². The zero-order chi connectivity index (χ0) is 15.7. The quantitative estimate of drug-likeness (QED) is 0.742. The lowest BCUT2D eigenvalue weighted by Crippen LogP contribution is -2.35. The summed E-state index contributed by atoms with van der Waals surface area (Å²) in [4.78, 5) is 48.3. The number of aliphatic carboxylic acids is 1. The van der Waals surface area contributed by atoms with Crippen LogP contribution in [0.15, 0.2) is 9.59 Å². The van der Waals surface area contributed by atoms with Crippen molar-refractivity contribution >= 4 is 33.5 Å². The second-order valence-corrected chi connectivity index (χ2v) is 5.47. The molecule has 8 nitrogen and oxygen atoms in total. The van der Waals surface area contributed by atoms with Crippen molar-refractivity contribution in [1.29, 1.82) is 0 Å². The van der Waals surface area contributed by atoms with Gasteiger partial charge in [-0.05, 0) is 18.9 Å². The number of carbonyl (C=O) groups is 2. The summed E-state index contributed by atoms with van der Waals surface area (Å²) in [5.41, 5.74) is -0.966. The summed E-state index contributed by atoms with van der Waals surface area (Å²) < 4.78 is 0.899. The minimum absolute atomic E-state index is 0.000959. The average Bonchev–Trinajstić information content (AvgIpc) is 2.70. The number of aromatic carboxylic acids is 1. The van der Waals surface area contributed by atoms with Crippen LogP contribution in [0.2, 0.25) is 0 Å². The van der Waals surface area contributed by atoms with Crippen molar-refractivity contribution in [2.45, 2.75) is 26.3 Å². The van der Waals surface area contributed by atoms with E-state index in [0.717, 1.165) is 15.9 Å². The van der Waals surface area contributed by atoms with Crippen LogP contribution in [0.4, 0.5) is 0 Å². The summed E-state index contributed by atoms with van der Waals surface area (Å²) in [6.07, 6.45) is -0.0221. The van der Waals surface area contributed by atoms with Gasteiger partial charge in [-0.1, -0.05) is 0 Å². The van der Waals surface area contributed by atoms with E-state index in [4.69, 9.17) is 10.2 Å². The predicted octanol–water partition coefficient (Wildman–Crippen LogP) is 0.623. The van der Waals surface area contributed by atoms with Gasteiger partial charge in [0.25, 0.3) is 5.56 Å². The molecular weight excluding hydrogens is 300 g/mol. The van der Waals surface area contributed by atoms with Crippen molar-refractivity contribution in [3.05, 3.63) is 31.3 Å². The highest BCUT2D eigenvalue weighted by atomic mass is 32.1. The highest BCUT2D eigenvalue weighted by Crippen LogP contribution is 2.25. The maximum Gasteiger partial charge on any atom is 0.346 e. The largest absolute Gasteiger partial charge is 0.481 e. The molecule has 2 aromatic heterocycles. The minimum Gasteiger partial charge on any atom is -0.481 e. The zero-order valence-electron chi connectivity index (χ0n) is 11.0. The number of fused-ring (bicyclic) bond motifs is 1. The Bertz CT molecular complexity index is 844. The molecule has 3 N–H and O–H groups in total. The van der Waals surface area contributed by atoms with Crippen LogP contribution in [-0.2, 0) is 11.3 Å². The number of hydrogen-bond donors (Lipinski definition) is 3. The van der Waals surface area contributed by atoms with E-state index in [1.165, 1.54) is 6.92 Å². The second kappa shape index (κ2) is 5.52. The molecule has 0 aromatic carbocycles. The monoisotopic (exact) mass is 312 g/mol. The first-order valence-corrected chi connectivity index (χ1v) is 6.86. The average molecular weight is 312 g/mol. The van der Waals surface area contributed by atoms with E-state index in [-0.39, 0.29) is 34.5 Å². The van der Waals surface area contributed by atoms with Gasteiger partial charge in [0.2, 0.25) is 0 Å². The van der Waals surface area contributed by atoms with Gasteiger partial charge in [0, 0.05) is 13.0 Å². The number of rotatable bonds is 5. The van der Waals surface area contributed by atoms with Crippen LogP contribution in [-0.4, -0.2) is 31.7 Å². The molecule has 0 unspecified atom stereocenters. The lowest BCUT2D eigenvalue weighted by atomic mass is 10.2. The fourth-order valence-corrected chi connectivity index (χ4v) is 3.07. The molecule has 0 aliphatic rings. The number of thiophene rings is 1. The third-order valence-electron chi connectivity index (χ3n) is 3.04. The van der Waals surface area contributed by atoms with Crippen molar-refractivity contribution in [3.63, 3.8) is 0 Å². The van der Waals surface area contributed by atoms with Crippen molar-refractivity contribution in [2.24, 2.45) is 0 Å². The number of aromatic nitrogens is 2. The normalized spacial score (nSPS) is 10.9. The third kappa shape index (κ3) is 2.72. The SMILES string of the molecule is Cc1c(C(=O)O)sc2[nH]c(=O)n(CCCC(=O)O)c(=O)c12. The Kier molecular flexibility index (Phi) is 3.94. The summed E-state index contributed by atoms with van der Waals surface area (Å²) in [6.45, 7) is 1.47. The smallest absolute Gasteiger partial charge is 0.346 e. The molecule has 0 amide bonds. The summed E-state index contributed by atoms with van der Waals surface area (Å²) in [5.74, 6) is -2.17. The fraction of sp³-hybridized carbons (Fsp3) is 0.333. The molecule has 0 radical (unpaired) electrons. The van der Waals surface area contributed by atoms with E-state index in [2.05, 4.69) is 4.98 Å². The van der Waals surface area contributed by atoms with E-state index in [9.17, 15) is 19.2 Å². The van der Waals surface area contributed by atoms with E-state index < -0.39 is 23.2 Å². The van der Waals surface area contributed by atoms with Crippen LogP contribution in [0.1, 0.15) is 28.1 Å². The van der Waals surface area contributed by atoms with Crippen LogP contribution in [0, 0.1) is 6.92 Å². The molecule has 0 saturated carbocycles. The summed E-state index contributed by atoms with van der Waals surface area (Å²) in [6, 6.07) is 0. The first kappa shape index (κ1) is 15.0. The van der Waals surface area contributed by atoms with Gasteiger partial charge in [-0.3, -0.25) is 19.1 Å². The molecule has 0 atom stereocenters. The number of aromatic amines is 1. The molecule has 0 fully saturated rings. The Morgan fingerprint density at radius 1 is 1.29 bits per heavy atom. The number of carboxylic acids is 2. The van der Waals surface area contributed by atoms with Gasteiger partial charge in [-0.15, -0.1) is 11.3 Å². The van der Waals surface area contributed by atoms with Crippen molar-refractivity contribution in [3.8, 4) is 0 Å². The first-order valence-electron chi connectivity index (χ1n) is 6.04. The van der Waals surface area contributed by atoms with E-state index >= 15 is 0 Å². The molecule has 2 aromatic rings. The van der Waals surface area contributed by atoms with Gasteiger partial charge < -0.3 is 10.2 Å². The zero-order valence-corrected chi connectivity index (χ0v) is 11.8. The van der Waals surface area contributed by atoms with Gasteiger partial charge >= 0.3 is 17.6 Å². The number of carboxylic acid groups (broad SMARTS) is 2. The Morgan fingerprint density at radius 2 is 1.95 bits per heavy atom. The standard InChI is InChI=1S/C12H12N2O6S/c1-5-7-9(21-8(5)11(18)19)13-12(20)14(10(7)17)4-2-3-6(15)16/h2-4H2,1H3,(H,13,20)(H,15,16)(H,18,19). The van der Waals surface area contributed by atoms with Crippen LogP contribution in [0.25, 0.3) is 10.2 Å². The van der Waals surface area contributed by atoms with Crippen LogP contribution in [0.5, 0.6) is 0 Å². The maximum atomic E-state index is 12.3. The number of hydrogen-bond acceptors (Lipinski definition) is 5. The minimum atomic E-state index is -1.16. The molecule has 0 spiro atoms. The molecule has 0 aliphatic heterocycles. The number of nitrogens with zero attached hydrogens (tertiary/aromatic N) is 1. The Hall–Kier alpha value is -2.42. The van der Waals surface area contributed by atoms with Gasteiger partial charge in [0.05, 0.1) is 5.39 Å². The Labute approximate surface area is 121 Å². The summed E-state index contributed by atoms with van der Waals surface area (Å²) in [5, 5.41) is 17.8. The number of aryl methyl sites for hydroxylation is 1. The van der Waals surface area contributed by atoms with Crippen LogP contribution >= 0.6 is 11.3 Å². The van der Waals surface area contributed by atoms with E-state index in [1.807, 2.05) is 0 Å². The van der Waals surface area contributed by atoms with Crippen molar-refractivity contribution < 1.29 is 19.8 Å². The molecular formula is C12H12N2O6S. The Morgan fingerprint density at radius 3 is 2.52 bits per heavy atom. The van der Waals surface area contributed by atoms with Gasteiger partial charge in [-0.2, -0.15) is 0 Å². The van der Waals surface area contributed by atoms with Crippen LogP contribution in [0.3, 0.4) is 0 Å². The van der Waals surface area contributed by atoms with Gasteiger partial charge in [0.15, 0.2) is 0 Å². The number of H-pyrrole nitrogens is 1. The molecule has 21 heavy (non-hydrogen) atoms. The third-order valence-corrected chi connectivity index (χ3v) is 4.23. The summed E-state index contributed by atoms with van der Waals surface area (Å²) in [7, 11) is 0. The molecule has 0 saturated heterocycles. The predicted molar refractivity (Wildman–Crippen MR) is 75.3 cm³/mol. The van der Waals surface area contributed by atoms with Gasteiger partial charge in [0.1, 0.15) is 9.71 Å². The van der Waals surface area contributed by atoms with Crippen molar-refractivity contribution in [2.75, 3.05) is 0 Å². The lowest BCUT2D eigenvalue weighted by molar-refractivity contribution is -0.137. The Balaban J connectivity index is 2.56. The maximum absolute atomic E-state index is 12.3. The highest BCUT2D eigenvalue weighted by molar-refractivity contribution is 7.20. The fourth-order valence-electron chi connectivity index (χ4n) is 2.05. The summed E-state index contributed by atoms with van der Waals surface area (Å²) >= 11 is 0.835. The molecule has 0 aliphatic carbocycles.